The van der Waals surface area contributed by atoms with Gasteiger partial charge in [0, 0.05) is 54.1 Å². The minimum atomic E-state index is -0.0427. The summed E-state index contributed by atoms with van der Waals surface area (Å²) < 4.78 is 5.46. The van der Waals surface area contributed by atoms with Crippen molar-refractivity contribution in [2.45, 2.75) is 181 Å². The van der Waals surface area contributed by atoms with Gasteiger partial charge in [0.15, 0.2) is 0 Å². The SMILES string of the molecule is CC(C)(C)c1ccc(N2c3ccc(C(C)(C)C)cc3B3c4sc5ccc(C(C)(C)C)cc5c4N(c4ccccc4)c4cc(-n5c6cc7c(cc6c6cc8c(cc65)C(C)(C)CCC8(C)C)C(C)(C)CCC7(C)C)cc2c43)cc1. The predicted molar refractivity (Wildman–Crippen MR) is 337 cm³/mol. The standard InChI is InChI=1S/C72H80BN3S/c1-66(2,3)43-23-27-47(28-24-43)74-57-29-25-45(68(7,8)9)36-56(57)73-63-60(74)37-48(38-61(63)76(46-21-19-18-20-22-46)64-51-35-44(67(4,5)6)26-30-62(51)77-65(64)73)75-58-41-54-52(69(10,11)31-33-71(54,14)15)39-49(58)50-40-53-55(42-59(50)75)72(16,17)34-32-70(53,12)13/h18-30,35-42H,31-34H2,1-17H3. The Morgan fingerprint density at radius 3 is 1.39 bits per heavy atom. The zero-order chi connectivity index (χ0) is 54.5. The molecule has 0 fully saturated rings. The number of para-hydroxylation sites is 1. The molecule has 7 aromatic carbocycles. The van der Waals surface area contributed by atoms with Crippen LogP contribution in [0.5, 0.6) is 0 Å². The Kier molecular flexibility index (Phi) is 10.7. The van der Waals surface area contributed by atoms with Crippen LogP contribution in [0.1, 0.15) is 182 Å². The number of fused-ring (bicyclic) bond motifs is 11. The van der Waals surface area contributed by atoms with Crippen LogP contribution in [0.4, 0.5) is 34.1 Å². The molecule has 0 atom stereocenters. The third-order valence-corrected chi connectivity index (χ3v) is 20.6. The quantitative estimate of drug-likeness (QED) is 0.163. The lowest BCUT2D eigenvalue weighted by molar-refractivity contribution is 0.332. The second-order valence-electron chi connectivity index (χ2n) is 29.6. The van der Waals surface area contributed by atoms with Crippen LogP contribution in [-0.4, -0.2) is 11.3 Å². The zero-order valence-electron chi connectivity index (χ0n) is 49.3. The lowest BCUT2D eigenvalue weighted by atomic mass is 9.36. The summed E-state index contributed by atoms with van der Waals surface area (Å²) in [4.78, 5) is 5.31. The predicted octanol–water partition coefficient (Wildman–Crippen LogP) is 18.7. The molecule has 77 heavy (non-hydrogen) atoms. The summed E-state index contributed by atoms with van der Waals surface area (Å²) in [5.74, 6) is 0. The van der Waals surface area contributed by atoms with Gasteiger partial charge in [-0.2, -0.15) is 0 Å². The van der Waals surface area contributed by atoms with E-state index >= 15 is 0 Å². The summed E-state index contributed by atoms with van der Waals surface area (Å²) in [6, 6.07) is 51.4. The fraction of sp³-hybridized carbons (Fsp3) is 0.389. The normalized spacial score (nSPS) is 18.1. The first kappa shape index (κ1) is 50.5. The van der Waals surface area contributed by atoms with E-state index in [1.165, 1.54) is 152 Å². The highest BCUT2D eigenvalue weighted by Gasteiger charge is 2.47. The van der Waals surface area contributed by atoms with Crippen molar-refractivity contribution in [3.63, 3.8) is 0 Å². The average molecular weight is 1030 g/mol. The maximum Gasteiger partial charge on any atom is 0.264 e. The number of anilines is 6. The van der Waals surface area contributed by atoms with Crippen molar-refractivity contribution in [1.82, 2.24) is 4.57 Å². The first-order valence-electron chi connectivity index (χ1n) is 28.9. The van der Waals surface area contributed by atoms with E-state index in [0.29, 0.717) is 0 Å². The molecule has 4 heterocycles. The molecule has 0 saturated heterocycles. The van der Waals surface area contributed by atoms with Crippen molar-refractivity contribution in [1.29, 1.82) is 0 Å². The summed E-state index contributed by atoms with van der Waals surface area (Å²) in [7, 11) is 0. The number of nitrogens with zero attached hydrogens (tertiary/aromatic N) is 3. The van der Waals surface area contributed by atoms with E-state index in [1.807, 2.05) is 11.3 Å². The first-order chi connectivity index (χ1) is 36.0. The number of benzene rings is 7. The lowest BCUT2D eigenvalue weighted by Crippen LogP contribution is -2.60. The summed E-state index contributed by atoms with van der Waals surface area (Å²) in [5.41, 5.74) is 24.2. The van der Waals surface area contributed by atoms with Crippen LogP contribution in [0.2, 0.25) is 0 Å². The molecule has 2 aromatic heterocycles. The molecule has 13 rings (SSSR count). The van der Waals surface area contributed by atoms with Crippen LogP contribution in [0, 0.1) is 0 Å². The van der Waals surface area contributed by atoms with E-state index in [4.69, 9.17) is 0 Å². The number of thiophene rings is 1. The van der Waals surface area contributed by atoms with Gasteiger partial charge < -0.3 is 14.4 Å². The van der Waals surface area contributed by atoms with Crippen molar-refractivity contribution in [3.8, 4) is 5.69 Å². The van der Waals surface area contributed by atoms with E-state index in [-0.39, 0.29) is 44.6 Å². The Hall–Kier alpha value is -6.04. The molecule has 9 aromatic rings. The summed E-state index contributed by atoms with van der Waals surface area (Å²) in [6.07, 6.45) is 4.69. The Morgan fingerprint density at radius 2 is 0.870 bits per heavy atom. The largest absolute Gasteiger partial charge is 0.311 e. The van der Waals surface area contributed by atoms with Gasteiger partial charge in [-0.1, -0.05) is 166 Å². The molecular formula is C72H80BN3S. The molecule has 4 aliphatic rings. The summed E-state index contributed by atoms with van der Waals surface area (Å²) >= 11 is 2.00. The molecule has 0 bridgehead atoms. The third-order valence-electron chi connectivity index (χ3n) is 19.4. The highest BCUT2D eigenvalue weighted by atomic mass is 32.1. The second kappa shape index (κ2) is 16.3. The molecule has 3 nitrogen and oxygen atoms in total. The average Bonchev–Trinajstić information content (AvgIpc) is 4.18. The second-order valence-corrected chi connectivity index (χ2v) is 30.7. The monoisotopic (exact) mass is 1030 g/mol. The van der Waals surface area contributed by atoms with E-state index in [1.54, 1.807) is 0 Å². The van der Waals surface area contributed by atoms with Crippen LogP contribution in [0.25, 0.3) is 37.6 Å². The fourth-order valence-electron chi connectivity index (χ4n) is 14.2. The smallest absolute Gasteiger partial charge is 0.264 e. The number of hydrogen-bond acceptors (Lipinski definition) is 3. The van der Waals surface area contributed by atoms with Gasteiger partial charge in [-0.3, -0.25) is 0 Å². The van der Waals surface area contributed by atoms with Gasteiger partial charge in [0.2, 0.25) is 0 Å². The molecule has 392 valence electrons. The fourth-order valence-corrected chi connectivity index (χ4v) is 15.5. The molecule has 0 amide bonds. The third kappa shape index (κ3) is 7.62. The Balaban J connectivity index is 1.22. The highest BCUT2D eigenvalue weighted by Crippen LogP contribution is 2.54. The van der Waals surface area contributed by atoms with Crippen LogP contribution in [-0.2, 0) is 37.9 Å². The van der Waals surface area contributed by atoms with Gasteiger partial charge >= 0.3 is 0 Å². The zero-order valence-corrected chi connectivity index (χ0v) is 50.1. The molecular weight excluding hydrogens is 950 g/mol. The Bertz CT molecular complexity index is 3840. The molecule has 5 heteroatoms. The van der Waals surface area contributed by atoms with Gasteiger partial charge in [0.25, 0.3) is 6.71 Å². The van der Waals surface area contributed by atoms with Crippen molar-refractivity contribution in [2.24, 2.45) is 0 Å². The van der Waals surface area contributed by atoms with E-state index < -0.39 is 0 Å². The first-order valence-corrected chi connectivity index (χ1v) is 29.7. The molecule has 0 unspecified atom stereocenters. The maximum absolute atomic E-state index is 2.72. The number of aromatic nitrogens is 1. The van der Waals surface area contributed by atoms with Crippen molar-refractivity contribution < 1.29 is 0 Å². The molecule has 2 aliphatic carbocycles. The topological polar surface area (TPSA) is 11.4 Å². The summed E-state index contributed by atoms with van der Waals surface area (Å²) in [6.45, 7) is 41.1. The highest BCUT2D eigenvalue weighted by molar-refractivity contribution is 7.33. The molecule has 0 radical (unpaired) electrons. The minimum absolute atomic E-state index is 0.00477. The van der Waals surface area contributed by atoms with Crippen molar-refractivity contribution in [3.05, 3.63) is 166 Å². The molecule has 2 aliphatic heterocycles. The number of rotatable bonds is 3. The molecule has 0 spiro atoms. The van der Waals surface area contributed by atoms with Crippen LogP contribution < -0.4 is 25.5 Å². The van der Waals surface area contributed by atoms with Gasteiger partial charge in [-0.25, -0.2) is 0 Å². The molecule has 0 N–H and O–H groups in total. The van der Waals surface area contributed by atoms with E-state index in [2.05, 4.69) is 259 Å². The lowest BCUT2D eigenvalue weighted by Gasteiger charge is -2.44. The van der Waals surface area contributed by atoms with Gasteiger partial charge in [-0.05, 0) is 192 Å². The van der Waals surface area contributed by atoms with Crippen LogP contribution in [0.3, 0.4) is 0 Å². The number of hydrogen-bond donors (Lipinski definition) is 0. The summed E-state index contributed by atoms with van der Waals surface area (Å²) in [5, 5.41) is 4.06. The van der Waals surface area contributed by atoms with Gasteiger partial charge in [0.1, 0.15) is 0 Å². The Morgan fingerprint density at radius 1 is 0.416 bits per heavy atom. The van der Waals surface area contributed by atoms with Crippen molar-refractivity contribution in [2.75, 3.05) is 9.80 Å². The van der Waals surface area contributed by atoms with Gasteiger partial charge in [0.05, 0.1) is 22.4 Å². The maximum atomic E-state index is 2.72. The van der Waals surface area contributed by atoms with Gasteiger partial charge in [-0.15, -0.1) is 11.3 Å². The Labute approximate surface area is 464 Å². The van der Waals surface area contributed by atoms with Crippen molar-refractivity contribution >= 4 is 99.8 Å². The van der Waals surface area contributed by atoms with E-state index in [9.17, 15) is 0 Å². The molecule has 0 saturated carbocycles. The van der Waals surface area contributed by atoms with Crippen LogP contribution in [0.15, 0.2) is 127 Å². The minimum Gasteiger partial charge on any atom is -0.311 e. The van der Waals surface area contributed by atoms with E-state index in [0.717, 1.165) is 0 Å². The van der Waals surface area contributed by atoms with Crippen LogP contribution >= 0.6 is 11.3 Å².